The first-order valence-corrected chi connectivity index (χ1v) is 24.7. The molecule has 8 aromatic carbocycles. The normalized spacial score (nSPS) is 16.3. The van der Waals surface area contributed by atoms with Crippen LogP contribution in [0.2, 0.25) is 0 Å². The molecule has 5 heteroatoms. The number of aromatic nitrogens is 4. The van der Waals surface area contributed by atoms with Crippen LogP contribution in [0.3, 0.4) is 0 Å². The lowest BCUT2D eigenvalue weighted by molar-refractivity contribution is -0.571. The van der Waals surface area contributed by atoms with E-state index in [0.717, 1.165) is 46.0 Å². The van der Waals surface area contributed by atoms with E-state index in [0.29, 0.717) is 28.2 Å². The molecule has 1 aliphatic carbocycles. The summed E-state index contributed by atoms with van der Waals surface area (Å²) >= 11 is 0. The molecule has 0 saturated heterocycles. The summed E-state index contributed by atoms with van der Waals surface area (Å²) in [5, 5.41) is 2.14. The van der Waals surface area contributed by atoms with Gasteiger partial charge in [0, 0.05) is 23.0 Å². The van der Waals surface area contributed by atoms with E-state index >= 15 is 0 Å². The molecular formula is C67H60N4O. The number of hydrogen-bond donors (Lipinski definition) is 0. The van der Waals surface area contributed by atoms with E-state index in [4.69, 9.17) is 23.4 Å². The summed E-state index contributed by atoms with van der Waals surface area (Å²) in [6.45, 7) is 16.2. The molecule has 0 spiro atoms. The van der Waals surface area contributed by atoms with Gasteiger partial charge >= 0.3 is 0 Å². The van der Waals surface area contributed by atoms with Crippen molar-refractivity contribution in [3.63, 3.8) is 0 Å². The molecule has 1 aliphatic rings. The highest BCUT2D eigenvalue weighted by atomic mass is 16.5. The molecule has 3 heterocycles. The molecule has 0 saturated carbocycles. The van der Waals surface area contributed by atoms with Crippen LogP contribution in [-0.4, -0.2) is 14.1 Å². The lowest BCUT2D eigenvalue weighted by Gasteiger charge is -2.32. The molecule has 0 atom stereocenters. The zero-order chi connectivity index (χ0) is 58.1. The van der Waals surface area contributed by atoms with Gasteiger partial charge in [-0.15, -0.1) is 0 Å². The topological polar surface area (TPSA) is 35.9 Å². The van der Waals surface area contributed by atoms with Crippen LogP contribution in [-0.2, 0) is 16.2 Å². The number of imidazole rings is 1. The van der Waals surface area contributed by atoms with E-state index in [2.05, 4.69) is 120 Å². The number of nitrogens with zero attached hydrogens (tertiary/aromatic N) is 4. The zero-order valence-corrected chi connectivity index (χ0v) is 41.6. The number of rotatable bonds is 8. The van der Waals surface area contributed by atoms with Gasteiger partial charge in [0.15, 0.2) is 0 Å². The van der Waals surface area contributed by atoms with Gasteiger partial charge in [0.2, 0.25) is 0 Å². The number of benzene rings is 8. The lowest BCUT2D eigenvalue weighted by Crippen LogP contribution is -2.31. The monoisotopic (exact) mass is 947 g/mol. The van der Waals surface area contributed by atoms with E-state index in [1.54, 1.807) is 22.8 Å². The first-order valence-electron chi connectivity index (χ1n) is 29.7. The average Bonchev–Trinajstić information content (AvgIpc) is 3.99. The Labute approximate surface area is 437 Å². The summed E-state index contributed by atoms with van der Waals surface area (Å²) in [5.41, 5.74) is 10.4. The summed E-state index contributed by atoms with van der Waals surface area (Å²) in [6, 6.07) is 38.7. The van der Waals surface area contributed by atoms with E-state index in [-0.39, 0.29) is 44.2 Å². The highest BCUT2D eigenvalue weighted by molar-refractivity contribution is 6.11. The molecule has 11 aromatic rings. The predicted molar refractivity (Wildman–Crippen MR) is 297 cm³/mol. The van der Waals surface area contributed by atoms with Crippen LogP contribution in [0, 0.1) is 6.33 Å². The Morgan fingerprint density at radius 1 is 0.597 bits per heavy atom. The summed E-state index contributed by atoms with van der Waals surface area (Å²) in [7, 11) is 0. The molecular weight excluding hydrogens is 877 g/mol. The molecule has 0 unspecified atom stereocenters. The Bertz CT molecular complexity index is 4330. The van der Waals surface area contributed by atoms with Crippen LogP contribution >= 0.6 is 0 Å². The fraction of sp³-hybridized carbons (Fsp3) is 0.194. The van der Waals surface area contributed by atoms with Gasteiger partial charge in [0.25, 0.3) is 6.33 Å². The van der Waals surface area contributed by atoms with E-state index < -0.39 is 60.4 Å². The van der Waals surface area contributed by atoms with Gasteiger partial charge in [-0.2, -0.15) is 0 Å². The molecule has 12 rings (SSSR count). The van der Waals surface area contributed by atoms with Gasteiger partial charge in [-0.3, -0.25) is 13.7 Å². The lowest BCUT2D eigenvalue weighted by atomic mass is 9.72. The van der Waals surface area contributed by atoms with Gasteiger partial charge in [-0.1, -0.05) is 188 Å². The van der Waals surface area contributed by atoms with Crippen molar-refractivity contribution >= 4 is 32.8 Å². The van der Waals surface area contributed by atoms with Gasteiger partial charge in [-0.05, 0) is 134 Å². The van der Waals surface area contributed by atoms with Gasteiger partial charge < -0.3 is 4.74 Å². The molecule has 3 aromatic heterocycles. The molecule has 0 aliphatic heterocycles. The van der Waals surface area contributed by atoms with Crippen molar-refractivity contribution in [1.29, 1.82) is 0 Å². The molecule has 354 valence electrons. The maximum atomic E-state index is 9.09. The van der Waals surface area contributed by atoms with Gasteiger partial charge in [0.1, 0.15) is 17.3 Å². The molecule has 0 fully saturated rings. The Kier molecular flexibility index (Phi) is 8.48. The van der Waals surface area contributed by atoms with E-state index in [9.17, 15) is 0 Å². The van der Waals surface area contributed by atoms with Crippen molar-refractivity contribution in [2.75, 3.05) is 0 Å². The fourth-order valence-corrected chi connectivity index (χ4v) is 11.0. The third kappa shape index (κ3) is 7.88. The van der Waals surface area contributed by atoms with Crippen molar-refractivity contribution in [2.45, 2.75) is 84.0 Å². The highest BCUT2D eigenvalue weighted by Crippen LogP contribution is 2.48. The van der Waals surface area contributed by atoms with Crippen LogP contribution in [0.4, 0.5) is 0 Å². The standard InChI is InChI=1S/C67H60N4O/c1-65(2,3)48-36-39-68-62(41-48)71-58-35-32-47(52-26-18-29-57-63(52)67(6,7)38-19-37-66(57,4)5)40-56(58)55-34-33-51(43-61(55)71)72-50-25-16-24-49(42-50)69-44-70(60-31-15-14-30-59(60)69)64-53(45-20-10-8-11-21-45)27-17-28-54(64)46-22-12-9-13-23-46/h8-18,20-36,39-43H,19,37-38H2,1-7H3/i8D,9D,10D,11D,12D,13D,20D,21D,22D,23D. The van der Waals surface area contributed by atoms with Gasteiger partial charge in [0.05, 0.1) is 47.1 Å². The number of ether oxygens (including phenoxy) is 1. The van der Waals surface area contributed by atoms with Crippen LogP contribution in [0.25, 0.3) is 83.4 Å². The SMILES string of the molecule is [2H]c1c([2H])c([2H])c(-c2cccc(-c3c([2H])c([2H])c([2H])c([2H])c3[2H])c2-[n+]2[c-]n(-c3cccc(Oc4ccc5c6cc(-c7cccc8c7C(C)(C)CCCC8(C)C)ccc6n(-c6cc(C(C)(C)C)ccn6)c5c4)c3)c3ccccc32)c([2H])c1[2H]. The van der Waals surface area contributed by atoms with E-state index in [1.807, 2.05) is 65.4 Å². The molecule has 0 amide bonds. The van der Waals surface area contributed by atoms with E-state index in [1.165, 1.54) is 28.7 Å². The molecule has 5 nitrogen and oxygen atoms in total. The number of fused-ring (bicyclic) bond motifs is 5. The van der Waals surface area contributed by atoms with Crippen LogP contribution in [0.15, 0.2) is 200 Å². The predicted octanol–water partition coefficient (Wildman–Crippen LogP) is 17.0. The van der Waals surface area contributed by atoms with Crippen molar-refractivity contribution in [3.8, 4) is 62.1 Å². The van der Waals surface area contributed by atoms with Crippen molar-refractivity contribution in [2.24, 2.45) is 0 Å². The Morgan fingerprint density at radius 3 is 2.03 bits per heavy atom. The summed E-state index contributed by atoms with van der Waals surface area (Å²) in [5.74, 6) is 1.90. The summed E-state index contributed by atoms with van der Waals surface area (Å²) in [4.78, 5) is 5.00. The smallest absolute Gasteiger partial charge is 0.269 e. The Hall–Kier alpha value is -8.02. The third-order valence-corrected chi connectivity index (χ3v) is 14.6. The zero-order valence-electron chi connectivity index (χ0n) is 51.6. The summed E-state index contributed by atoms with van der Waals surface area (Å²) < 4.78 is 100. The maximum Gasteiger partial charge on any atom is 0.269 e. The fourth-order valence-electron chi connectivity index (χ4n) is 11.0. The second kappa shape index (κ2) is 17.4. The first kappa shape index (κ1) is 35.1. The van der Waals surface area contributed by atoms with Crippen molar-refractivity contribution in [1.82, 2.24) is 14.1 Å². The van der Waals surface area contributed by atoms with Crippen LogP contribution < -0.4 is 9.30 Å². The van der Waals surface area contributed by atoms with Gasteiger partial charge in [-0.25, -0.2) is 4.98 Å². The number of para-hydroxylation sites is 3. The van der Waals surface area contributed by atoms with Crippen LogP contribution in [0.1, 0.15) is 98.1 Å². The maximum absolute atomic E-state index is 9.09. The molecule has 72 heavy (non-hydrogen) atoms. The second-order valence-corrected chi connectivity index (χ2v) is 21.3. The molecule has 0 bridgehead atoms. The minimum absolute atomic E-state index is 0.0129. The summed E-state index contributed by atoms with van der Waals surface area (Å²) in [6.07, 6.45) is 8.78. The largest absolute Gasteiger partial charge is 0.458 e. The Balaban J connectivity index is 1.01. The highest BCUT2D eigenvalue weighted by Gasteiger charge is 2.36. The minimum atomic E-state index is -0.566. The first-order chi connectivity index (χ1) is 39.0. The molecule has 0 radical (unpaired) electrons. The van der Waals surface area contributed by atoms with Crippen molar-refractivity contribution < 1.29 is 23.0 Å². The third-order valence-electron chi connectivity index (χ3n) is 14.6. The quantitative estimate of drug-likeness (QED) is 0.0864. The second-order valence-electron chi connectivity index (χ2n) is 21.3. The minimum Gasteiger partial charge on any atom is -0.458 e. The average molecular weight is 947 g/mol. The number of hydrogen-bond acceptors (Lipinski definition) is 2. The number of pyridine rings is 1. The molecule has 0 N–H and O–H groups in total. The van der Waals surface area contributed by atoms with Crippen molar-refractivity contribution in [3.05, 3.63) is 223 Å². The Morgan fingerprint density at radius 2 is 1.28 bits per heavy atom. The van der Waals surface area contributed by atoms with Crippen LogP contribution in [0.5, 0.6) is 11.5 Å².